The van der Waals surface area contributed by atoms with Gasteiger partial charge < -0.3 is 15.2 Å². The van der Waals surface area contributed by atoms with Gasteiger partial charge in [-0.3, -0.25) is 0 Å². The van der Waals surface area contributed by atoms with E-state index in [1.165, 1.54) is 12.1 Å². The zero-order chi connectivity index (χ0) is 13.2. The molecule has 1 aromatic carbocycles. The van der Waals surface area contributed by atoms with Crippen molar-refractivity contribution in [2.75, 3.05) is 18.5 Å². The SMILES string of the molecule is Cc1cc(F)cc(NC2(C(=O)O)CCCOC2)c1. The van der Waals surface area contributed by atoms with Crippen molar-refractivity contribution in [2.45, 2.75) is 25.3 Å². The predicted molar refractivity (Wildman–Crippen MR) is 65.2 cm³/mol. The number of carboxylic acids is 1. The molecule has 1 aliphatic rings. The van der Waals surface area contributed by atoms with Crippen molar-refractivity contribution in [3.63, 3.8) is 0 Å². The molecule has 0 bridgehead atoms. The third-order valence-electron chi connectivity index (χ3n) is 3.08. The third-order valence-corrected chi connectivity index (χ3v) is 3.08. The Labute approximate surface area is 105 Å². The monoisotopic (exact) mass is 253 g/mol. The summed E-state index contributed by atoms with van der Waals surface area (Å²) >= 11 is 0. The van der Waals surface area contributed by atoms with Crippen molar-refractivity contribution in [1.82, 2.24) is 0 Å². The molecule has 2 rings (SSSR count). The van der Waals surface area contributed by atoms with Gasteiger partial charge in [-0.2, -0.15) is 0 Å². The molecule has 98 valence electrons. The Kier molecular flexibility index (Phi) is 3.52. The summed E-state index contributed by atoms with van der Waals surface area (Å²) in [5, 5.41) is 12.3. The predicted octanol–water partition coefficient (Wildman–Crippen LogP) is 2.18. The van der Waals surface area contributed by atoms with Crippen molar-refractivity contribution < 1.29 is 19.0 Å². The van der Waals surface area contributed by atoms with E-state index in [1.807, 2.05) is 0 Å². The number of anilines is 1. The van der Waals surface area contributed by atoms with E-state index in [9.17, 15) is 14.3 Å². The summed E-state index contributed by atoms with van der Waals surface area (Å²) in [4.78, 5) is 11.4. The highest BCUT2D eigenvalue weighted by Crippen LogP contribution is 2.26. The van der Waals surface area contributed by atoms with Gasteiger partial charge >= 0.3 is 5.97 Å². The van der Waals surface area contributed by atoms with Gasteiger partial charge in [0.1, 0.15) is 5.82 Å². The topological polar surface area (TPSA) is 58.6 Å². The molecular weight excluding hydrogens is 237 g/mol. The minimum absolute atomic E-state index is 0.0951. The van der Waals surface area contributed by atoms with Crippen LogP contribution >= 0.6 is 0 Å². The van der Waals surface area contributed by atoms with Gasteiger partial charge in [0.25, 0.3) is 0 Å². The average Bonchev–Trinajstić information content (AvgIpc) is 2.28. The van der Waals surface area contributed by atoms with Gasteiger partial charge in [-0.1, -0.05) is 0 Å². The summed E-state index contributed by atoms with van der Waals surface area (Å²) in [7, 11) is 0. The molecule has 0 saturated carbocycles. The quantitative estimate of drug-likeness (QED) is 0.866. The molecule has 1 fully saturated rings. The van der Waals surface area contributed by atoms with Crippen LogP contribution in [0, 0.1) is 12.7 Å². The Balaban J connectivity index is 2.25. The lowest BCUT2D eigenvalue weighted by Gasteiger charge is -2.34. The minimum Gasteiger partial charge on any atom is -0.479 e. The van der Waals surface area contributed by atoms with Gasteiger partial charge in [-0.05, 0) is 43.5 Å². The molecule has 0 radical (unpaired) electrons. The number of carboxylic acid groups (broad SMARTS) is 1. The number of aryl methyl sites for hydroxylation is 1. The van der Waals surface area contributed by atoms with Crippen LogP contribution in [0.4, 0.5) is 10.1 Å². The zero-order valence-corrected chi connectivity index (χ0v) is 10.2. The smallest absolute Gasteiger partial charge is 0.331 e. The van der Waals surface area contributed by atoms with E-state index in [4.69, 9.17) is 4.74 Å². The number of hydrogen-bond donors (Lipinski definition) is 2. The van der Waals surface area contributed by atoms with Crippen LogP contribution in [0.15, 0.2) is 18.2 Å². The fraction of sp³-hybridized carbons (Fsp3) is 0.462. The first-order valence-electron chi connectivity index (χ1n) is 5.88. The van der Waals surface area contributed by atoms with Crippen LogP contribution in [-0.2, 0) is 9.53 Å². The molecule has 1 aromatic rings. The second-order valence-electron chi connectivity index (χ2n) is 4.69. The first kappa shape index (κ1) is 12.8. The van der Waals surface area contributed by atoms with E-state index in [1.54, 1.807) is 13.0 Å². The average molecular weight is 253 g/mol. The summed E-state index contributed by atoms with van der Waals surface area (Å²) in [6.07, 6.45) is 1.14. The van der Waals surface area contributed by atoms with E-state index in [0.29, 0.717) is 25.1 Å². The first-order valence-corrected chi connectivity index (χ1v) is 5.88. The van der Waals surface area contributed by atoms with Crippen molar-refractivity contribution in [3.05, 3.63) is 29.6 Å². The molecule has 1 atom stereocenters. The van der Waals surface area contributed by atoms with E-state index in [0.717, 1.165) is 5.56 Å². The highest BCUT2D eigenvalue weighted by atomic mass is 19.1. The number of hydrogen-bond acceptors (Lipinski definition) is 3. The van der Waals surface area contributed by atoms with Gasteiger partial charge in [-0.25, -0.2) is 9.18 Å². The van der Waals surface area contributed by atoms with E-state index >= 15 is 0 Å². The van der Waals surface area contributed by atoms with E-state index < -0.39 is 11.5 Å². The van der Waals surface area contributed by atoms with Crippen LogP contribution in [-0.4, -0.2) is 29.8 Å². The molecule has 0 amide bonds. The number of aliphatic carboxylic acids is 1. The van der Waals surface area contributed by atoms with Crippen LogP contribution in [0.25, 0.3) is 0 Å². The maximum atomic E-state index is 13.3. The molecular formula is C13H16FNO3. The van der Waals surface area contributed by atoms with Gasteiger partial charge in [0, 0.05) is 12.3 Å². The molecule has 1 aliphatic heterocycles. The molecule has 0 spiro atoms. The number of nitrogens with one attached hydrogen (secondary N) is 1. The fourth-order valence-electron chi connectivity index (χ4n) is 2.20. The van der Waals surface area contributed by atoms with Gasteiger partial charge in [0.05, 0.1) is 6.61 Å². The molecule has 2 N–H and O–H groups in total. The number of benzene rings is 1. The zero-order valence-electron chi connectivity index (χ0n) is 10.2. The van der Waals surface area contributed by atoms with E-state index in [-0.39, 0.29) is 12.4 Å². The van der Waals surface area contributed by atoms with Crippen LogP contribution in [0.5, 0.6) is 0 Å². The second-order valence-corrected chi connectivity index (χ2v) is 4.69. The Morgan fingerprint density at radius 2 is 2.28 bits per heavy atom. The Morgan fingerprint density at radius 1 is 1.50 bits per heavy atom. The van der Waals surface area contributed by atoms with Crippen LogP contribution in [0.2, 0.25) is 0 Å². The maximum Gasteiger partial charge on any atom is 0.331 e. The molecule has 5 heteroatoms. The summed E-state index contributed by atoms with van der Waals surface area (Å²) in [5.41, 5.74) is 0.0635. The largest absolute Gasteiger partial charge is 0.479 e. The molecule has 1 heterocycles. The standard InChI is InChI=1S/C13H16FNO3/c1-9-5-10(14)7-11(6-9)15-13(12(16)17)3-2-4-18-8-13/h5-7,15H,2-4,8H2,1H3,(H,16,17). The Bertz CT molecular complexity index is 435. The van der Waals surface area contributed by atoms with Crippen molar-refractivity contribution in [3.8, 4) is 0 Å². The molecule has 4 nitrogen and oxygen atoms in total. The fourth-order valence-corrected chi connectivity index (χ4v) is 2.20. The Morgan fingerprint density at radius 3 is 2.83 bits per heavy atom. The Hall–Kier alpha value is -1.62. The van der Waals surface area contributed by atoms with Gasteiger partial charge in [0.2, 0.25) is 0 Å². The summed E-state index contributed by atoms with van der Waals surface area (Å²) in [6, 6.07) is 4.42. The lowest BCUT2D eigenvalue weighted by atomic mass is 9.92. The highest BCUT2D eigenvalue weighted by Gasteiger charge is 2.40. The highest BCUT2D eigenvalue weighted by molar-refractivity contribution is 5.83. The number of rotatable bonds is 3. The van der Waals surface area contributed by atoms with E-state index in [2.05, 4.69) is 5.32 Å². The van der Waals surface area contributed by atoms with Gasteiger partial charge in [0.15, 0.2) is 5.54 Å². The summed E-state index contributed by atoms with van der Waals surface area (Å²) in [5.74, 6) is -1.35. The lowest BCUT2D eigenvalue weighted by Crippen LogP contribution is -2.52. The first-order chi connectivity index (χ1) is 8.52. The van der Waals surface area contributed by atoms with Crippen molar-refractivity contribution in [2.24, 2.45) is 0 Å². The minimum atomic E-state index is -1.15. The second kappa shape index (κ2) is 4.94. The maximum absolute atomic E-state index is 13.3. The van der Waals surface area contributed by atoms with Crippen LogP contribution < -0.4 is 5.32 Å². The normalized spacial score (nSPS) is 23.7. The van der Waals surface area contributed by atoms with Crippen molar-refractivity contribution >= 4 is 11.7 Å². The van der Waals surface area contributed by atoms with Crippen LogP contribution in [0.3, 0.4) is 0 Å². The molecule has 0 aliphatic carbocycles. The molecule has 1 saturated heterocycles. The van der Waals surface area contributed by atoms with Crippen molar-refractivity contribution in [1.29, 1.82) is 0 Å². The third kappa shape index (κ3) is 2.61. The molecule has 1 unspecified atom stereocenters. The lowest BCUT2D eigenvalue weighted by molar-refractivity contribution is -0.146. The molecule has 18 heavy (non-hydrogen) atoms. The number of ether oxygens (including phenoxy) is 1. The van der Waals surface area contributed by atoms with Gasteiger partial charge in [-0.15, -0.1) is 0 Å². The number of halogens is 1. The summed E-state index contributed by atoms with van der Waals surface area (Å²) in [6.45, 7) is 2.43. The number of carbonyl (C=O) groups is 1. The summed E-state index contributed by atoms with van der Waals surface area (Å²) < 4.78 is 18.5. The molecule has 0 aromatic heterocycles. The van der Waals surface area contributed by atoms with Crippen LogP contribution in [0.1, 0.15) is 18.4 Å².